The molecule has 1 amide bonds. The van der Waals surface area contributed by atoms with E-state index in [1.54, 1.807) is 0 Å². The molecule has 0 aromatic rings. The van der Waals surface area contributed by atoms with Crippen LogP contribution in [0.1, 0.15) is 32.1 Å². The molecule has 3 aliphatic rings. The molecule has 1 atom stereocenters. The molecule has 2 heterocycles. The van der Waals surface area contributed by atoms with Gasteiger partial charge in [-0.05, 0) is 50.6 Å². The van der Waals surface area contributed by atoms with Gasteiger partial charge in [-0.3, -0.25) is 4.79 Å². The highest BCUT2D eigenvalue weighted by Crippen LogP contribution is 2.44. The number of hydrogen-bond donors (Lipinski definition) is 2. The highest BCUT2D eigenvalue weighted by molar-refractivity contribution is 5.77. The fourth-order valence-corrected chi connectivity index (χ4v) is 3.12. The summed E-state index contributed by atoms with van der Waals surface area (Å²) in [6.45, 7) is 3.34. The Labute approximate surface area is 102 Å². The molecule has 3 rings (SSSR count). The monoisotopic (exact) mass is 238 g/mol. The van der Waals surface area contributed by atoms with Gasteiger partial charge >= 0.3 is 0 Å². The summed E-state index contributed by atoms with van der Waals surface area (Å²) in [5.74, 6) is 1.40. The van der Waals surface area contributed by atoms with Crippen LogP contribution in [0.25, 0.3) is 0 Å². The van der Waals surface area contributed by atoms with E-state index in [9.17, 15) is 9.90 Å². The standard InChI is InChI=1S/C13H22N2O2/c16-12(4-1-10-5-6-14-7-10)15-8-13(17,9-15)11-2-3-11/h10-11,14,17H,1-9H2. The van der Waals surface area contributed by atoms with Crippen LogP contribution in [-0.4, -0.2) is 47.7 Å². The Hall–Kier alpha value is -0.610. The first kappa shape index (κ1) is 11.5. The Morgan fingerprint density at radius 2 is 2.12 bits per heavy atom. The summed E-state index contributed by atoms with van der Waals surface area (Å²) in [4.78, 5) is 13.7. The maximum Gasteiger partial charge on any atom is 0.222 e. The van der Waals surface area contributed by atoms with Crippen molar-refractivity contribution in [2.45, 2.75) is 37.7 Å². The third-order valence-electron chi connectivity index (χ3n) is 4.55. The zero-order valence-electron chi connectivity index (χ0n) is 10.3. The van der Waals surface area contributed by atoms with Crippen LogP contribution in [-0.2, 0) is 4.79 Å². The molecule has 0 radical (unpaired) electrons. The fourth-order valence-electron chi connectivity index (χ4n) is 3.12. The van der Waals surface area contributed by atoms with E-state index in [-0.39, 0.29) is 5.91 Å². The first-order valence-electron chi connectivity index (χ1n) is 6.88. The van der Waals surface area contributed by atoms with Crippen molar-refractivity contribution in [3.8, 4) is 0 Å². The minimum Gasteiger partial charge on any atom is -0.386 e. The summed E-state index contributed by atoms with van der Waals surface area (Å²) in [6, 6.07) is 0. The molecular formula is C13H22N2O2. The maximum atomic E-state index is 11.9. The van der Waals surface area contributed by atoms with E-state index in [0.29, 0.717) is 31.3 Å². The van der Waals surface area contributed by atoms with Crippen molar-refractivity contribution in [3.05, 3.63) is 0 Å². The Balaban J connectivity index is 1.39. The number of likely N-dealkylation sites (tertiary alicyclic amines) is 1. The molecule has 1 saturated carbocycles. The first-order chi connectivity index (χ1) is 8.17. The number of nitrogens with zero attached hydrogens (tertiary/aromatic N) is 1. The molecular weight excluding hydrogens is 216 g/mol. The average Bonchev–Trinajstić information content (AvgIpc) is 3.00. The predicted molar refractivity (Wildman–Crippen MR) is 64.5 cm³/mol. The van der Waals surface area contributed by atoms with Gasteiger partial charge in [0.15, 0.2) is 0 Å². The van der Waals surface area contributed by atoms with Crippen LogP contribution in [0.15, 0.2) is 0 Å². The highest BCUT2D eigenvalue weighted by atomic mass is 16.3. The van der Waals surface area contributed by atoms with Crippen LogP contribution in [0.2, 0.25) is 0 Å². The molecule has 0 spiro atoms. The first-order valence-corrected chi connectivity index (χ1v) is 6.88. The van der Waals surface area contributed by atoms with Crippen molar-refractivity contribution < 1.29 is 9.90 Å². The Bertz CT molecular complexity index is 303. The molecule has 1 unspecified atom stereocenters. The molecule has 4 heteroatoms. The topological polar surface area (TPSA) is 52.6 Å². The van der Waals surface area contributed by atoms with E-state index in [2.05, 4.69) is 5.32 Å². The van der Waals surface area contributed by atoms with Crippen LogP contribution in [0.5, 0.6) is 0 Å². The molecule has 0 aromatic carbocycles. The van der Waals surface area contributed by atoms with E-state index < -0.39 is 5.60 Å². The Morgan fingerprint density at radius 3 is 2.71 bits per heavy atom. The van der Waals surface area contributed by atoms with Gasteiger partial charge < -0.3 is 15.3 Å². The number of carbonyl (C=O) groups is 1. The molecule has 4 nitrogen and oxygen atoms in total. The van der Waals surface area contributed by atoms with Crippen molar-refractivity contribution in [1.29, 1.82) is 0 Å². The van der Waals surface area contributed by atoms with Gasteiger partial charge in [0.2, 0.25) is 5.91 Å². The zero-order chi connectivity index (χ0) is 11.9. The quantitative estimate of drug-likeness (QED) is 0.743. The summed E-state index contributed by atoms with van der Waals surface area (Å²) < 4.78 is 0. The zero-order valence-corrected chi connectivity index (χ0v) is 10.3. The maximum absolute atomic E-state index is 11.9. The molecule has 3 fully saturated rings. The van der Waals surface area contributed by atoms with E-state index in [1.807, 2.05) is 4.90 Å². The number of amides is 1. The van der Waals surface area contributed by atoms with Gasteiger partial charge in [0.25, 0.3) is 0 Å². The predicted octanol–water partition coefficient (Wildman–Crippen LogP) is 0.359. The molecule has 17 heavy (non-hydrogen) atoms. The average molecular weight is 238 g/mol. The van der Waals surface area contributed by atoms with E-state index >= 15 is 0 Å². The summed E-state index contributed by atoms with van der Waals surface area (Å²) >= 11 is 0. The second-order valence-electron chi connectivity index (χ2n) is 6.03. The lowest BCUT2D eigenvalue weighted by atomic mass is 9.88. The normalized spacial score (nSPS) is 31.4. The van der Waals surface area contributed by atoms with Crippen LogP contribution >= 0.6 is 0 Å². The molecule has 0 aromatic heterocycles. The van der Waals surface area contributed by atoms with Gasteiger partial charge in [0.1, 0.15) is 5.60 Å². The van der Waals surface area contributed by atoms with Crippen LogP contribution in [0.3, 0.4) is 0 Å². The number of nitrogens with one attached hydrogen (secondary N) is 1. The van der Waals surface area contributed by atoms with Gasteiger partial charge in [-0.2, -0.15) is 0 Å². The SMILES string of the molecule is O=C(CCC1CCNC1)N1CC(O)(C2CC2)C1. The minimum atomic E-state index is -0.523. The smallest absolute Gasteiger partial charge is 0.222 e. The number of hydrogen-bond acceptors (Lipinski definition) is 3. The second-order valence-corrected chi connectivity index (χ2v) is 6.03. The third kappa shape index (κ3) is 2.33. The van der Waals surface area contributed by atoms with Crippen molar-refractivity contribution in [3.63, 3.8) is 0 Å². The lowest BCUT2D eigenvalue weighted by Crippen LogP contribution is -2.64. The number of carbonyl (C=O) groups excluding carboxylic acids is 1. The summed E-state index contributed by atoms with van der Waals surface area (Å²) in [6.07, 6.45) is 5.16. The van der Waals surface area contributed by atoms with Gasteiger partial charge in [-0.1, -0.05) is 0 Å². The second kappa shape index (κ2) is 4.25. The summed E-state index contributed by atoms with van der Waals surface area (Å²) in [7, 11) is 0. The van der Waals surface area contributed by atoms with Crippen molar-refractivity contribution in [2.24, 2.45) is 11.8 Å². The fraction of sp³-hybridized carbons (Fsp3) is 0.923. The van der Waals surface area contributed by atoms with Crippen molar-refractivity contribution in [1.82, 2.24) is 10.2 Å². The van der Waals surface area contributed by atoms with E-state index in [0.717, 1.165) is 32.4 Å². The third-order valence-corrected chi connectivity index (χ3v) is 4.55. The Kier molecular flexibility index (Phi) is 2.87. The molecule has 0 bridgehead atoms. The minimum absolute atomic E-state index is 0.238. The van der Waals surface area contributed by atoms with E-state index in [1.165, 1.54) is 6.42 Å². The number of rotatable bonds is 4. The molecule has 96 valence electrons. The molecule has 2 aliphatic heterocycles. The molecule has 2 saturated heterocycles. The van der Waals surface area contributed by atoms with Gasteiger partial charge in [0, 0.05) is 6.42 Å². The van der Waals surface area contributed by atoms with E-state index in [4.69, 9.17) is 0 Å². The van der Waals surface area contributed by atoms with Crippen LogP contribution in [0, 0.1) is 11.8 Å². The van der Waals surface area contributed by atoms with Crippen LogP contribution in [0.4, 0.5) is 0 Å². The summed E-state index contributed by atoms with van der Waals surface area (Å²) in [5.41, 5.74) is -0.523. The van der Waals surface area contributed by atoms with Crippen LogP contribution < -0.4 is 5.32 Å². The Morgan fingerprint density at radius 1 is 1.35 bits per heavy atom. The molecule has 2 N–H and O–H groups in total. The number of aliphatic hydroxyl groups is 1. The lowest BCUT2D eigenvalue weighted by Gasteiger charge is -2.47. The van der Waals surface area contributed by atoms with Gasteiger partial charge in [-0.25, -0.2) is 0 Å². The largest absolute Gasteiger partial charge is 0.386 e. The van der Waals surface area contributed by atoms with Gasteiger partial charge in [-0.15, -0.1) is 0 Å². The number of β-amino-alcohol motifs (C(OH)–C–C–N with tert-alkyl or cyclic N) is 1. The lowest BCUT2D eigenvalue weighted by molar-refractivity contribution is -0.159. The molecule has 1 aliphatic carbocycles. The summed E-state index contributed by atoms with van der Waals surface area (Å²) in [5, 5.41) is 13.5. The van der Waals surface area contributed by atoms with Gasteiger partial charge in [0.05, 0.1) is 13.1 Å². The highest BCUT2D eigenvalue weighted by Gasteiger charge is 2.53. The van der Waals surface area contributed by atoms with Crippen molar-refractivity contribution in [2.75, 3.05) is 26.2 Å². The van der Waals surface area contributed by atoms with Crippen molar-refractivity contribution >= 4 is 5.91 Å².